The van der Waals surface area contributed by atoms with Crippen LogP contribution in [0.5, 0.6) is 0 Å². The third-order valence-electron chi connectivity index (χ3n) is 5.73. The molecule has 0 saturated carbocycles. The van der Waals surface area contributed by atoms with Gasteiger partial charge in [0.2, 0.25) is 11.8 Å². The molecule has 2 saturated heterocycles. The number of amides is 2. The van der Waals surface area contributed by atoms with Crippen LogP contribution in [-0.4, -0.2) is 52.4 Å². The van der Waals surface area contributed by atoms with Crippen LogP contribution in [-0.2, 0) is 16.1 Å². The van der Waals surface area contributed by atoms with E-state index in [-0.39, 0.29) is 29.8 Å². The monoisotopic (exact) mass is 367 g/mol. The standard InChI is InChI=1S/C21H25N3O3/c25-19-10-9-16-6-1-2-8-18(16)24(19)15-20(26)23-13-5-7-17(14-23)21(27)22-11-3-4-12-22/h1-2,6,8-10,17H,3-5,7,11-15H2. The quantitative estimate of drug-likeness (QED) is 0.832. The molecule has 1 atom stereocenters. The first kappa shape index (κ1) is 17.8. The molecule has 0 spiro atoms. The van der Waals surface area contributed by atoms with Gasteiger partial charge in [-0.3, -0.25) is 19.0 Å². The number of fused-ring (bicyclic) bond motifs is 1. The van der Waals surface area contributed by atoms with Gasteiger partial charge in [0.25, 0.3) is 5.56 Å². The van der Waals surface area contributed by atoms with Crippen LogP contribution in [0, 0.1) is 5.92 Å². The summed E-state index contributed by atoms with van der Waals surface area (Å²) in [5, 5.41) is 0.936. The average Bonchev–Trinajstić information content (AvgIpc) is 3.24. The normalized spacial score (nSPS) is 20.2. The molecule has 2 aromatic rings. The van der Waals surface area contributed by atoms with E-state index in [4.69, 9.17) is 0 Å². The third kappa shape index (κ3) is 3.61. The summed E-state index contributed by atoms with van der Waals surface area (Å²) in [5.74, 6) is -0.00950. The number of nitrogens with zero attached hydrogens (tertiary/aromatic N) is 3. The first-order valence-corrected chi connectivity index (χ1v) is 9.78. The molecule has 3 heterocycles. The van der Waals surface area contributed by atoms with Gasteiger partial charge >= 0.3 is 0 Å². The van der Waals surface area contributed by atoms with Gasteiger partial charge in [-0.1, -0.05) is 18.2 Å². The fraction of sp³-hybridized carbons (Fsp3) is 0.476. The van der Waals surface area contributed by atoms with Crippen LogP contribution in [0.4, 0.5) is 0 Å². The molecule has 4 rings (SSSR count). The van der Waals surface area contributed by atoms with E-state index in [2.05, 4.69) is 0 Å². The van der Waals surface area contributed by atoms with Crippen molar-refractivity contribution >= 4 is 22.7 Å². The summed E-state index contributed by atoms with van der Waals surface area (Å²) in [6.07, 6.45) is 3.82. The minimum atomic E-state index is -0.177. The summed E-state index contributed by atoms with van der Waals surface area (Å²) in [6.45, 7) is 2.82. The van der Waals surface area contributed by atoms with Gasteiger partial charge in [0.05, 0.1) is 11.4 Å². The molecule has 2 aliphatic heterocycles. The van der Waals surface area contributed by atoms with E-state index < -0.39 is 0 Å². The van der Waals surface area contributed by atoms with E-state index in [1.807, 2.05) is 29.2 Å². The van der Waals surface area contributed by atoms with Gasteiger partial charge in [0.15, 0.2) is 0 Å². The highest BCUT2D eigenvalue weighted by molar-refractivity contribution is 5.83. The van der Waals surface area contributed by atoms with E-state index in [9.17, 15) is 14.4 Å². The molecule has 0 N–H and O–H groups in total. The first-order valence-electron chi connectivity index (χ1n) is 9.78. The second-order valence-electron chi connectivity index (χ2n) is 7.53. The number of likely N-dealkylation sites (tertiary alicyclic amines) is 2. The Morgan fingerprint density at radius 1 is 0.926 bits per heavy atom. The summed E-state index contributed by atoms with van der Waals surface area (Å²) < 4.78 is 1.53. The highest BCUT2D eigenvalue weighted by atomic mass is 16.2. The average molecular weight is 367 g/mol. The maximum Gasteiger partial charge on any atom is 0.251 e. The number of carbonyl (C=O) groups excluding carboxylic acids is 2. The molecule has 1 aromatic heterocycles. The van der Waals surface area contributed by atoms with Crippen molar-refractivity contribution in [2.75, 3.05) is 26.2 Å². The molecule has 0 bridgehead atoms. The van der Waals surface area contributed by atoms with Crippen molar-refractivity contribution in [2.24, 2.45) is 5.92 Å². The smallest absolute Gasteiger partial charge is 0.251 e. The summed E-state index contributed by atoms with van der Waals surface area (Å²) >= 11 is 0. The fourth-order valence-corrected chi connectivity index (χ4v) is 4.24. The van der Waals surface area contributed by atoms with E-state index >= 15 is 0 Å². The van der Waals surface area contributed by atoms with E-state index in [1.54, 1.807) is 11.0 Å². The Morgan fingerprint density at radius 3 is 2.48 bits per heavy atom. The second-order valence-corrected chi connectivity index (χ2v) is 7.53. The number of pyridine rings is 1. The fourth-order valence-electron chi connectivity index (χ4n) is 4.24. The van der Waals surface area contributed by atoms with Gasteiger partial charge < -0.3 is 9.80 Å². The number of hydrogen-bond acceptors (Lipinski definition) is 3. The van der Waals surface area contributed by atoms with Gasteiger partial charge in [-0.25, -0.2) is 0 Å². The summed E-state index contributed by atoms with van der Waals surface area (Å²) in [4.78, 5) is 41.6. The molecule has 2 aliphatic rings. The van der Waals surface area contributed by atoms with Gasteiger partial charge in [-0.15, -0.1) is 0 Å². The molecule has 1 aromatic carbocycles. The van der Waals surface area contributed by atoms with E-state index in [1.165, 1.54) is 10.6 Å². The minimum Gasteiger partial charge on any atom is -0.342 e. The number of piperidine rings is 1. The highest BCUT2D eigenvalue weighted by Crippen LogP contribution is 2.22. The maximum atomic E-state index is 12.9. The summed E-state index contributed by atoms with van der Waals surface area (Å²) in [5.41, 5.74) is 0.587. The number of para-hydroxylation sites is 1. The zero-order chi connectivity index (χ0) is 18.8. The molecule has 6 nitrogen and oxygen atoms in total. The predicted octanol–water partition coefficient (Wildman–Crippen LogP) is 1.86. The van der Waals surface area contributed by atoms with Gasteiger partial charge in [0.1, 0.15) is 6.54 Å². The molecule has 1 unspecified atom stereocenters. The molecule has 27 heavy (non-hydrogen) atoms. The molecule has 0 aliphatic carbocycles. The summed E-state index contributed by atoms with van der Waals surface area (Å²) in [7, 11) is 0. The van der Waals surface area contributed by atoms with Crippen molar-refractivity contribution in [3.05, 3.63) is 46.8 Å². The van der Waals surface area contributed by atoms with Gasteiger partial charge in [-0.2, -0.15) is 0 Å². The van der Waals surface area contributed by atoms with Crippen LogP contribution in [0.1, 0.15) is 25.7 Å². The Hall–Kier alpha value is -2.63. The van der Waals surface area contributed by atoms with Crippen molar-refractivity contribution < 1.29 is 9.59 Å². The number of benzene rings is 1. The predicted molar refractivity (Wildman–Crippen MR) is 103 cm³/mol. The largest absolute Gasteiger partial charge is 0.342 e. The van der Waals surface area contributed by atoms with Gasteiger partial charge in [0, 0.05) is 32.2 Å². The van der Waals surface area contributed by atoms with Crippen molar-refractivity contribution in [1.29, 1.82) is 0 Å². The molecular formula is C21H25N3O3. The van der Waals surface area contributed by atoms with E-state index in [0.717, 1.165) is 49.7 Å². The lowest BCUT2D eigenvalue weighted by atomic mass is 9.96. The summed E-state index contributed by atoms with van der Waals surface area (Å²) in [6, 6.07) is 10.9. The zero-order valence-corrected chi connectivity index (χ0v) is 15.5. The second kappa shape index (κ2) is 7.55. The number of carbonyl (C=O) groups is 2. The molecule has 142 valence electrons. The van der Waals surface area contributed by atoms with Crippen LogP contribution in [0.25, 0.3) is 10.9 Å². The van der Waals surface area contributed by atoms with Crippen molar-refractivity contribution in [1.82, 2.24) is 14.4 Å². The Balaban J connectivity index is 1.49. The van der Waals surface area contributed by atoms with E-state index in [0.29, 0.717) is 13.1 Å². The topological polar surface area (TPSA) is 62.6 Å². The van der Waals surface area contributed by atoms with Crippen LogP contribution in [0.2, 0.25) is 0 Å². The van der Waals surface area contributed by atoms with Crippen LogP contribution in [0.15, 0.2) is 41.2 Å². The lowest BCUT2D eigenvalue weighted by molar-refractivity contribution is -0.140. The highest BCUT2D eigenvalue weighted by Gasteiger charge is 2.32. The van der Waals surface area contributed by atoms with Crippen LogP contribution >= 0.6 is 0 Å². The van der Waals surface area contributed by atoms with Crippen molar-refractivity contribution in [3.63, 3.8) is 0 Å². The number of aromatic nitrogens is 1. The number of hydrogen-bond donors (Lipinski definition) is 0. The SMILES string of the molecule is O=C(Cn1c(=O)ccc2ccccc21)N1CCCC(C(=O)N2CCCC2)C1. The number of rotatable bonds is 3. The molecule has 2 fully saturated rings. The first-order chi connectivity index (χ1) is 13.1. The Morgan fingerprint density at radius 2 is 1.67 bits per heavy atom. The molecular weight excluding hydrogens is 342 g/mol. The lowest BCUT2D eigenvalue weighted by Crippen LogP contribution is -2.47. The van der Waals surface area contributed by atoms with Gasteiger partial charge in [-0.05, 0) is 43.2 Å². The lowest BCUT2D eigenvalue weighted by Gasteiger charge is -2.34. The van der Waals surface area contributed by atoms with Crippen LogP contribution < -0.4 is 5.56 Å². The molecule has 2 amide bonds. The minimum absolute atomic E-state index is 0.0187. The third-order valence-corrected chi connectivity index (χ3v) is 5.73. The van der Waals surface area contributed by atoms with Crippen LogP contribution in [0.3, 0.4) is 0 Å². The Kier molecular flexibility index (Phi) is 4.97. The van der Waals surface area contributed by atoms with Crippen molar-refractivity contribution in [3.8, 4) is 0 Å². The zero-order valence-electron chi connectivity index (χ0n) is 15.5. The Labute approximate surface area is 158 Å². The van der Waals surface area contributed by atoms with Crippen molar-refractivity contribution in [2.45, 2.75) is 32.2 Å². The maximum absolute atomic E-state index is 12.9. The Bertz CT molecular complexity index is 914. The molecule has 6 heteroatoms. The molecule has 0 radical (unpaired) electrons.